The predicted molar refractivity (Wildman–Crippen MR) is 62.5 cm³/mol. The van der Waals surface area contributed by atoms with Gasteiger partial charge in [0.25, 0.3) is 0 Å². The van der Waals surface area contributed by atoms with Crippen molar-refractivity contribution in [3.63, 3.8) is 0 Å². The van der Waals surface area contributed by atoms with E-state index in [9.17, 15) is 4.39 Å². The lowest BCUT2D eigenvalue weighted by Crippen LogP contribution is -2.04. The van der Waals surface area contributed by atoms with Gasteiger partial charge in [0.05, 0.1) is 7.11 Å². The van der Waals surface area contributed by atoms with Crippen LogP contribution in [0.25, 0.3) is 0 Å². The molecule has 0 spiro atoms. The predicted octanol–water partition coefficient (Wildman–Crippen LogP) is 3.05. The van der Waals surface area contributed by atoms with Gasteiger partial charge in [-0.2, -0.15) is 0 Å². The quantitative estimate of drug-likeness (QED) is 0.855. The van der Waals surface area contributed by atoms with Gasteiger partial charge in [-0.05, 0) is 23.6 Å². The Kier molecular flexibility index (Phi) is 4.30. The molecule has 1 atom stereocenters. The van der Waals surface area contributed by atoms with Gasteiger partial charge in [0.1, 0.15) is 11.6 Å². The normalized spacial score (nSPS) is 12.9. The van der Waals surface area contributed by atoms with Crippen molar-refractivity contribution in [2.45, 2.75) is 32.6 Å². The number of methoxy groups -OCH3 is 1. The minimum absolute atomic E-state index is 0.00359. The molecule has 1 aromatic carbocycles. The molecule has 0 fully saturated rings. The van der Waals surface area contributed by atoms with E-state index < -0.39 is 0 Å². The summed E-state index contributed by atoms with van der Waals surface area (Å²) in [6, 6.07) is 3.29. The largest absolute Gasteiger partial charge is 0.496 e. The fourth-order valence-corrected chi connectivity index (χ4v) is 1.73. The summed E-state index contributed by atoms with van der Waals surface area (Å²) in [4.78, 5) is 0. The van der Waals surface area contributed by atoms with Crippen LogP contribution in [0.4, 0.5) is 4.39 Å². The van der Waals surface area contributed by atoms with Crippen molar-refractivity contribution < 1.29 is 14.2 Å². The fraction of sp³-hybridized carbons (Fsp3) is 0.538. The van der Waals surface area contributed by atoms with E-state index in [1.54, 1.807) is 6.07 Å². The van der Waals surface area contributed by atoms with E-state index in [-0.39, 0.29) is 24.3 Å². The Labute approximate surface area is 96.1 Å². The van der Waals surface area contributed by atoms with E-state index in [0.29, 0.717) is 11.3 Å². The maximum absolute atomic E-state index is 13.9. The minimum Gasteiger partial charge on any atom is -0.496 e. The van der Waals surface area contributed by atoms with Gasteiger partial charge in [0.15, 0.2) is 0 Å². The highest BCUT2D eigenvalue weighted by Gasteiger charge is 2.16. The highest BCUT2D eigenvalue weighted by molar-refractivity contribution is 5.41. The topological polar surface area (TPSA) is 29.5 Å². The molecule has 90 valence electrons. The Bertz CT molecular complexity index is 361. The van der Waals surface area contributed by atoms with Gasteiger partial charge >= 0.3 is 0 Å². The number of aliphatic hydroxyl groups is 1. The van der Waals surface area contributed by atoms with E-state index >= 15 is 0 Å². The first-order valence-corrected chi connectivity index (χ1v) is 5.49. The second-order valence-electron chi connectivity index (χ2n) is 4.36. The number of benzene rings is 1. The van der Waals surface area contributed by atoms with Gasteiger partial charge in [-0.15, -0.1) is 0 Å². The van der Waals surface area contributed by atoms with Crippen LogP contribution in [0.1, 0.15) is 43.7 Å². The molecule has 0 aliphatic rings. The summed E-state index contributed by atoms with van der Waals surface area (Å²) >= 11 is 0. The molecule has 1 aromatic rings. The maximum atomic E-state index is 13.9. The molecule has 0 radical (unpaired) electrons. The Hall–Kier alpha value is -1.09. The van der Waals surface area contributed by atoms with Crippen molar-refractivity contribution >= 4 is 0 Å². The van der Waals surface area contributed by atoms with Crippen LogP contribution in [-0.2, 0) is 0 Å². The van der Waals surface area contributed by atoms with Crippen LogP contribution in [0.2, 0.25) is 0 Å². The first-order chi connectivity index (χ1) is 7.51. The lowest BCUT2D eigenvalue weighted by Gasteiger charge is -2.16. The number of rotatable bonds is 4. The second-order valence-corrected chi connectivity index (χ2v) is 4.36. The first-order valence-electron chi connectivity index (χ1n) is 5.49. The summed E-state index contributed by atoms with van der Waals surface area (Å²) < 4.78 is 19.1. The van der Waals surface area contributed by atoms with Gasteiger partial charge in [-0.25, -0.2) is 4.39 Å². The van der Waals surface area contributed by atoms with Gasteiger partial charge in [0.2, 0.25) is 0 Å². The molecular weight excluding hydrogens is 207 g/mol. The molecule has 2 nitrogen and oxygen atoms in total. The van der Waals surface area contributed by atoms with Crippen LogP contribution in [-0.4, -0.2) is 18.8 Å². The number of halogens is 1. The Morgan fingerprint density at radius 2 is 1.94 bits per heavy atom. The van der Waals surface area contributed by atoms with Crippen molar-refractivity contribution in [3.05, 3.63) is 29.1 Å². The number of hydrogen-bond acceptors (Lipinski definition) is 2. The van der Waals surface area contributed by atoms with Gasteiger partial charge in [-0.1, -0.05) is 20.8 Å². The van der Waals surface area contributed by atoms with Crippen molar-refractivity contribution in [1.29, 1.82) is 0 Å². The lowest BCUT2D eigenvalue weighted by molar-refractivity contribution is 0.272. The molecule has 0 saturated heterocycles. The monoisotopic (exact) mass is 226 g/mol. The van der Waals surface area contributed by atoms with Crippen molar-refractivity contribution in [2.75, 3.05) is 13.7 Å². The molecule has 1 N–H and O–H groups in total. The molecular formula is C13H19FO2. The van der Waals surface area contributed by atoms with Crippen molar-refractivity contribution in [2.24, 2.45) is 0 Å². The summed E-state index contributed by atoms with van der Waals surface area (Å²) in [5.74, 6) is 0.299. The molecule has 0 bridgehead atoms. The molecule has 0 aromatic heterocycles. The van der Waals surface area contributed by atoms with E-state index in [1.807, 2.05) is 20.8 Å². The average molecular weight is 226 g/mol. The average Bonchev–Trinajstić information content (AvgIpc) is 2.26. The zero-order valence-corrected chi connectivity index (χ0v) is 10.2. The SMILES string of the molecule is COc1cc(C(C)CO)cc(F)c1C(C)C. The second kappa shape index (κ2) is 5.30. The molecule has 3 heteroatoms. The van der Waals surface area contributed by atoms with Crippen LogP contribution in [0.5, 0.6) is 5.75 Å². The Morgan fingerprint density at radius 1 is 1.31 bits per heavy atom. The molecule has 16 heavy (non-hydrogen) atoms. The van der Waals surface area contributed by atoms with Crippen LogP contribution in [0.3, 0.4) is 0 Å². The fourth-order valence-electron chi connectivity index (χ4n) is 1.73. The number of ether oxygens (including phenoxy) is 1. The first kappa shape index (κ1) is 13.0. The van der Waals surface area contributed by atoms with Crippen LogP contribution in [0, 0.1) is 5.82 Å². The van der Waals surface area contributed by atoms with E-state index in [2.05, 4.69) is 0 Å². The van der Waals surface area contributed by atoms with Crippen molar-refractivity contribution in [3.8, 4) is 5.75 Å². The minimum atomic E-state index is -0.260. The molecule has 1 unspecified atom stereocenters. The summed E-state index contributed by atoms with van der Waals surface area (Å²) in [6.45, 7) is 5.71. The third-order valence-corrected chi connectivity index (χ3v) is 2.75. The number of aliphatic hydroxyl groups excluding tert-OH is 1. The summed E-state index contributed by atoms with van der Waals surface area (Å²) in [5.41, 5.74) is 1.36. The van der Waals surface area contributed by atoms with Crippen LogP contribution in [0.15, 0.2) is 12.1 Å². The maximum Gasteiger partial charge on any atom is 0.130 e. The highest BCUT2D eigenvalue weighted by Crippen LogP contribution is 2.32. The van der Waals surface area contributed by atoms with Crippen LogP contribution < -0.4 is 4.74 Å². The van der Waals surface area contributed by atoms with Gasteiger partial charge in [-0.3, -0.25) is 0 Å². The Balaban J connectivity index is 3.26. The summed E-state index contributed by atoms with van der Waals surface area (Å²) in [5, 5.41) is 9.06. The van der Waals surface area contributed by atoms with Gasteiger partial charge in [0, 0.05) is 18.1 Å². The molecule has 0 heterocycles. The Morgan fingerprint density at radius 3 is 2.38 bits per heavy atom. The summed E-state index contributed by atoms with van der Waals surface area (Å²) in [6.07, 6.45) is 0. The zero-order chi connectivity index (χ0) is 12.3. The molecule has 0 aliphatic carbocycles. The van der Waals surface area contributed by atoms with Crippen LogP contribution >= 0.6 is 0 Å². The standard InChI is InChI=1S/C13H19FO2/c1-8(2)13-11(14)5-10(9(3)7-15)6-12(13)16-4/h5-6,8-9,15H,7H2,1-4H3. The van der Waals surface area contributed by atoms with E-state index in [0.717, 1.165) is 5.56 Å². The van der Waals surface area contributed by atoms with E-state index in [1.165, 1.54) is 13.2 Å². The van der Waals surface area contributed by atoms with Crippen molar-refractivity contribution in [1.82, 2.24) is 0 Å². The molecule has 0 amide bonds. The third kappa shape index (κ3) is 2.53. The van der Waals surface area contributed by atoms with Gasteiger partial charge < -0.3 is 9.84 Å². The smallest absolute Gasteiger partial charge is 0.130 e. The molecule has 0 saturated carbocycles. The third-order valence-electron chi connectivity index (χ3n) is 2.75. The highest BCUT2D eigenvalue weighted by atomic mass is 19.1. The zero-order valence-electron chi connectivity index (χ0n) is 10.2. The lowest BCUT2D eigenvalue weighted by atomic mass is 9.95. The number of hydrogen-bond donors (Lipinski definition) is 1. The molecule has 0 aliphatic heterocycles. The molecule has 1 rings (SSSR count). The summed E-state index contributed by atoms with van der Waals surface area (Å²) in [7, 11) is 1.54. The van der Waals surface area contributed by atoms with E-state index in [4.69, 9.17) is 9.84 Å².